The number of carbonyl (C=O) groups is 1. The zero-order chi connectivity index (χ0) is 22.5. The first-order valence-electron chi connectivity index (χ1n) is 9.76. The highest BCUT2D eigenvalue weighted by Gasteiger charge is 2.14. The third-order valence-corrected chi connectivity index (χ3v) is 6.87. The molecule has 4 rings (SSSR count). The van der Waals surface area contributed by atoms with Gasteiger partial charge in [0.25, 0.3) is 5.56 Å². The SMILES string of the molecule is Cc1nc(-c2ccccc2)sc1-c1cc(=O)[nH]c(SCC(=O)NCc2ccc(Cl)cc2)n1. The van der Waals surface area contributed by atoms with Gasteiger partial charge in [-0.1, -0.05) is 65.8 Å². The minimum Gasteiger partial charge on any atom is -0.351 e. The summed E-state index contributed by atoms with van der Waals surface area (Å²) in [6.45, 7) is 2.31. The smallest absolute Gasteiger partial charge is 0.252 e. The Bertz CT molecular complexity index is 1290. The Labute approximate surface area is 198 Å². The molecule has 0 aliphatic rings. The monoisotopic (exact) mass is 482 g/mol. The fraction of sp³-hybridized carbons (Fsp3) is 0.130. The highest BCUT2D eigenvalue weighted by molar-refractivity contribution is 7.99. The number of carbonyl (C=O) groups excluding carboxylic acids is 1. The molecule has 0 atom stereocenters. The average molecular weight is 483 g/mol. The lowest BCUT2D eigenvalue weighted by molar-refractivity contribution is -0.118. The van der Waals surface area contributed by atoms with E-state index in [1.165, 1.54) is 29.2 Å². The molecule has 0 bridgehead atoms. The molecular weight excluding hydrogens is 464 g/mol. The average Bonchev–Trinajstić information content (AvgIpc) is 3.19. The molecule has 6 nitrogen and oxygen atoms in total. The van der Waals surface area contributed by atoms with Crippen LogP contribution in [0.15, 0.2) is 70.6 Å². The van der Waals surface area contributed by atoms with E-state index in [4.69, 9.17) is 11.6 Å². The maximum Gasteiger partial charge on any atom is 0.252 e. The molecule has 0 spiro atoms. The number of amides is 1. The van der Waals surface area contributed by atoms with E-state index in [9.17, 15) is 9.59 Å². The molecule has 2 N–H and O–H groups in total. The molecule has 32 heavy (non-hydrogen) atoms. The van der Waals surface area contributed by atoms with E-state index in [2.05, 4.69) is 20.3 Å². The molecule has 1 amide bonds. The van der Waals surface area contributed by atoms with Crippen LogP contribution in [0.25, 0.3) is 21.1 Å². The van der Waals surface area contributed by atoms with Gasteiger partial charge < -0.3 is 10.3 Å². The topological polar surface area (TPSA) is 87.7 Å². The van der Waals surface area contributed by atoms with E-state index < -0.39 is 0 Å². The second kappa shape index (κ2) is 10.1. The van der Waals surface area contributed by atoms with Crippen molar-refractivity contribution in [3.63, 3.8) is 0 Å². The van der Waals surface area contributed by atoms with Gasteiger partial charge in [-0.15, -0.1) is 11.3 Å². The first kappa shape index (κ1) is 22.3. The lowest BCUT2D eigenvalue weighted by Gasteiger charge is -2.06. The molecule has 0 aliphatic heterocycles. The lowest BCUT2D eigenvalue weighted by Crippen LogP contribution is -2.24. The van der Waals surface area contributed by atoms with Crippen LogP contribution in [0.1, 0.15) is 11.3 Å². The number of nitrogens with one attached hydrogen (secondary N) is 2. The number of hydrogen-bond donors (Lipinski definition) is 2. The zero-order valence-electron chi connectivity index (χ0n) is 17.1. The Kier molecular flexibility index (Phi) is 7.04. The Morgan fingerprint density at radius 2 is 1.88 bits per heavy atom. The quantitative estimate of drug-likeness (QED) is 0.288. The molecule has 0 radical (unpaired) electrons. The molecule has 9 heteroatoms. The maximum atomic E-state index is 12.2. The van der Waals surface area contributed by atoms with E-state index in [1.807, 2.05) is 49.4 Å². The fourth-order valence-corrected chi connectivity index (χ4v) is 4.81. The van der Waals surface area contributed by atoms with Gasteiger partial charge in [-0.2, -0.15) is 0 Å². The Hall–Kier alpha value is -2.94. The van der Waals surface area contributed by atoms with Crippen LogP contribution in [0.2, 0.25) is 5.02 Å². The minimum atomic E-state index is -0.270. The van der Waals surface area contributed by atoms with Crippen LogP contribution in [0.3, 0.4) is 0 Å². The van der Waals surface area contributed by atoms with Crippen molar-refractivity contribution in [3.05, 3.63) is 87.3 Å². The van der Waals surface area contributed by atoms with Gasteiger partial charge in [0.1, 0.15) is 5.01 Å². The predicted octanol–water partition coefficient (Wildman–Crippen LogP) is 4.93. The van der Waals surface area contributed by atoms with E-state index >= 15 is 0 Å². The van der Waals surface area contributed by atoms with Crippen molar-refractivity contribution in [2.45, 2.75) is 18.6 Å². The Morgan fingerprint density at radius 1 is 1.12 bits per heavy atom. The summed E-state index contributed by atoms with van der Waals surface area (Å²) in [4.78, 5) is 37.2. The molecule has 4 aromatic rings. The van der Waals surface area contributed by atoms with Crippen molar-refractivity contribution < 1.29 is 4.79 Å². The number of thiazole rings is 1. The number of aromatic nitrogens is 3. The second-order valence-corrected chi connectivity index (χ2v) is 9.33. The van der Waals surface area contributed by atoms with Crippen molar-refractivity contribution in [1.29, 1.82) is 0 Å². The van der Waals surface area contributed by atoms with Gasteiger partial charge in [-0.05, 0) is 24.6 Å². The molecule has 0 aliphatic carbocycles. The summed E-state index contributed by atoms with van der Waals surface area (Å²) in [5.74, 6) is -0.0185. The summed E-state index contributed by atoms with van der Waals surface area (Å²) < 4.78 is 0. The number of aromatic amines is 1. The van der Waals surface area contributed by atoms with Gasteiger partial charge >= 0.3 is 0 Å². The normalized spacial score (nSPS) is 10.8. The summed E-state index contributed by atoms with van der Waals surface area (Å²) in [5.41, 5.74) is 3.06. The molecule has 162 valence electrons. The molecule has 0 saturated carbocycles. The largest absolute Gasteiger partial charge is 0.351 e. The van der Waals surface area contributed by atoms with Crippen LogP contribution in [0.4, 0.5) is 0 Å². The van der Waals surface area contributed by atoms with Crippen LogP contribution in [-0.4, -0.2) is 26.6 Å². The third-order valence-electron chi connectivity index (χ3n) is 4.51. The Balaban J connectivity index is 1.44. The van der Waals surface area contributed by atoms with Crippen molar-refractivity contribution in [3.8, 4) is 21.1 Å². The number of hydrogen-bond acceptors (Lipinski definition) is 6. The molecule has 0 unspecified atom stereocenters. The van der Waals surface area contributed by atoms with Crippen molar-refractivity contribution >= 4 is 40.6 Å². The number of thioether (sulfide) groups is 1. The number of halogens is 1. The van der Waals surface area contributed by atoms with Gasteiger partial charge in [0.15, 0.2) is 5.16 Å². The molecule has 0 fully saturated rings. The van der Waals surface area contributed by atoms with Crippen LogP contribution in [0, 0.1) is 6.92 Å². The van der Waals surface area contributed by atoms with Crippen molar-refractivity contribution in [2.24, 2.45) is 0 Å². The van der Waals surface area contributed by atoms with E-state index in [-0.39, 0.29) is 17.2 Å². The lowest BCUT2D eigenvalue weighted by atomic mass is 10.2. The van der Waals surface area contributed by atoms with Gasteiger partial charge in [0.05, 0.1) is 22.0 Å². The van der Waals surface area contributed by atoms with Gasteiger partial charge in [0, 0.05) is 23.2 Å². The zero-order valence-corrected chi connectivity index (χ0v) is 19.5. The first-order chi connectivity index (χ1) is 15.5. The fourth-order valence-electron chi connectivity index (χ4n) is 2.95. The first-order valence-corrected chi connectivity index (χ1v) is 11.9. The summed E-state index contributed by atoms with van der Waals surface area (Å²) in [6, 6.07) is 18.6. The summed E-state index contributed by atoms with van der Waals surface area (Å²) in [6.07, 6.45) is 0. The van der Waals surface area contributed by atoms with Crippen molar-refractivity contribution in [1.82, 2.24) is 20.3 Å². The van der Waals surface area contributed by atoms with E-state index in [0.717, 1.165) is 26.7 Å². The molecule has 2 aromatic carbocycles. The molecule has 2 aromatic heterocycles. The predicted molar refractivity (Wildman–Crippen MR) is 130 cm³/mol. The van der Waals surface area contributed by atoms with Crippen molar-refractivity contribution in [2.75, 3.05) is 5.75 Å². The van der Waals surface area contributed by atoms with Gasteiger partial charge in [-0.25, -0.2) is 9.97 Å². The minimum absolute atomic E-state index is 0.136. The van der Waals surface area contributed by atoms with Crippen LogP contribution in [-0.2, 0) is 11.3 Å². The molecule has 0 saturated heterocycles. The van der Waals surface area contributed by atoms with Crippen LogP contribution in [0.5, 0.6) is 0 Å². The number of nitrogens with zero attached hydrogens (tertiary/aromatic N) is 2. The number of H-pyrrole nitrogens is 1. The molecule has 2 heterocycles. The molecular formula is C23H19ClN4O2S2. The number of rotatable bonds is 7. The Morgan fingerprint density at radius 3 is 2.62 bits per heavy atom. The van der Waals surface area contributed by atoms with Crippen LogP contribution >= 0.6 is 34.7 Å². The third kappa shape index (κ3) is 5.64. The highest BCUT2D eigenvalue weighted by atomic mass is 35.5. The maximum absolute atomic E-state index is 12.2. The summed E-state index contributed by atoms with van der Waals surface area (Å²) >= 11 is 8.55. The number of aryl methyl sites for hydroxylation is 1. The summed E-state index contributed by atoms with van der Waals surface area (Å²) in [5, 5.41) is 4.76. The second-order valence-electron chi connectivity index (χ2n) is 6.93. The van der Waals surface area contributed by atoms with Gasteiger partial charge in [-0.3, -0.25) is 9.59 Å². The van der Waals surface area contributed by atoms with Gasteiger partial charge in [0.2, 0.25) is 5.91 Å². The van der Waals surface area contributed by atoms with E-state index in [0.29, 0.717) is 22.4 Å². The number of benzene rings is 2. The van der Waals surface area contributed by atoms with E-state index in [1.54, 1.807) is 12.1 Å². The standard InChI is InChI=1S/C23H19ClN4O2S2/c1-14-21(32-22(26-14)16-5-3-2-4-6-16)18-11-19(29)28-23(27-18)31-13-20(30)25-12-15-7-9-17(24)10-8-15/h2-11H,12-13H2,1H3,(H,25,30)(H,27,28,29). The summed E-state index contributed by atoms with van der Waals surface area (Å²) in [7, 11) is 0. The van der Waals surface area contributed by atoms with Crippen LogP contribution < -0.4 is 10.9 Å². The highest BCUT2D eigenvalue weighted by Crippen LogP contribution is 2.34.